The predicted octanol–water partition coefficient (Wildman–Crippen LogP) is 3.71. The van der Waals surface area contributed by atoms with Gasteiger partial charge in [-0.05, 0) is 50.1 Å². The molecule has 4 rings (SSSR count). The second-order valence-electron chi connectivity index (χ2n) is 7.26. The summed E-state index contributed by atoms with van der Waals surface area (Å²) in [7, 11) is 1.57. The van der Waals surface area contributed by atoms with Crippen molar-refractivity contribution in [3.63, 3.8) is 0 Å². The molecule has 3 aromatic heterocycles. The fourth-order valence-electron chi connectivity index (χ4n) is 3.49. The van der Waals surface area contributed by atoms with Crippen molar-refractivity contribution >= 4 is 16.8 Å². The number of carbonyl (C=O) groups is 1. The molecule has 0 fully saturated rings. The Morgan fingerprint density at radius 2 is 2.06 bits per heavy atom. The van der Waals surface area contributed by atoms with Crippen LogP contribution in [-0.2, 0) is 6.42 Å². The van der Waals surface area contributed by atoms with Gasteiger partial charge in [0.2, 0.25) is 5.88 Å². The van der Waals surface area contributed by atoms with Gasteiger partial charge in [-0.2, -0.15) is 5.10 Å². The first-order valence-electron chi connectivity index (χ1n) is 10.4. The normalized spacial score (nSPS) is 10.8. The van der Waals surface area contributed by atoms with E-state index in [1.54, 1.807) is 25.4 Å². The van der Waals surface area contributed by atoms with E-state index in [2.05, 4.69) is 20.5 Å². The molecule has 1 amide bonds. The Kier molecular flexibility index (Phi) is 6.30. The van der Waals surface area contributed by atoms with Crippen LogP contribution in [0.5, 0.6) is 11.6 Å². The van der Waals surface area contributed by atoms with Crippen molar-refractivity contribution < 1.29 is 14.3 Å². The highest BCUT2D eigenvalue weighted by Gasteiger charge is 2.13. The van der Waals surface area contributed by atoms with Gasteiger partial charge in [-0.1, -0.05) is 0 Å². The Morgan fingerprint density at radius 3 is 2.81 bits per heavy atom. The zero-order valence-electron chi connectivity index (χ0n) is 18.3. The van der Waals surface area contributed by atoms with Gasteiger partial charge in [0.1, 0.15) is 5.75 Å². The molecule has 0 atom stereocenters. The molecule has 0 aliphatic rings. The quantitative estimate of drug-likeness (QED) is 0.441. The third-order valence-electron chi connectivity index (χ3n) is 5.19. The lowest BCUT2D eigenvalue weighted by Crippen LogP contribution is -2.25. The minimum absolute atomic E-state index is 0.149. The number of nitrogens with zero attached hydrogens (tertiary/aromatic N) is 3. The summed E-state index contributed by atoms with van der Waals surface area (Å²) in [6.45, 7) is 4.92. The van der Waals surface area contributed by atoms with Gasteiger partial charge in [0.05, 0.1) is 30.6 Å². The molecule has 0 radical (unpaired) electrons. The molecule has 0 saturated carbocycles. The molecule has 0 spiro atoms. The van der Waals surface area contributed by atoms with E-state index in [1.807, 2.05) is 44.3 Å². The summed E-state index contributed by atoms with van der Waals surface area (Å²) in [5.74, 6) is 1.07. The second-order valence-corrected chi connectivity index (χ2v) is 7.26. The van der Waals surface area contributed by atoms with Crippen molar-refractivity contribution in [2.45, 2.75) is 20.3 Å². The van der Waals surface area contributed by atoms with Gasteiger partial charge in [0.25, 0.3) is 5.91 Å². The molecule has 32 heavy (non-hydrogen) atoms. The van der Waals surface area contributed by atoms with Crippen LogP contribution in [0, 0.1) is 6.92 Å². The molecule has 0 bridgehead atoms. The number of fused-ring (bicyclic) bond motifs is 1. The standard InChI is InChI=1S/C24H25N5O3/c1-4-32-22-13-20(16-7-9-25-23(12-16)31-3)28-21-11-17(5-6-19(21)22)24(30)26-10-8-18-14-27-29-15(18)2/h5-7,9,11-14H,4,8,10H2,1-3H3,(H,26,30)(H,27,29). The zero-order valence-corrected chi connectivity index (χ0v) is 18.3. The van der Waals surface area contributed by atoms with Gasteiger partial charge in [-0.15, -0.1) is 0 Å². The van der Waals surface area contributed by atoms with Crippen LogP contribution in [0.4, 0.5) is 0 Å². The lowest BCUT2D eigenvalue weighted by atomic mass is 10.1. The second kappa shape index (κ2) is 9.47. The van der Waals surface area contributed by atoms with Crippen LogP contribution in [0.15, 0.2) is 48.8 Å². The van der Waals surface area contributed by atoms with Gasteiger partial charge >= 0.3 is 0 Å². The van der Waals surface area contributed by atoms with Crippen molar-refractivity contribution in [1.29, 1.82) is 0 Å². The monoisotopic (exact) mass is 431 g/mol. The lowest BCUT2D eigenvalue weighted by Gasteiger charge is -2.12. The number of aromatic nitrogens is 4. The topological polar surface area (TPSA) is 102 Å². The fraction of sp³-hybridized carbons (Fsp3) is 0.250. The highest BCUT2D eigenvalue weighted by molar-refractivity contribution is 5.99. The summed E-state index contributed by atoms with van der Waals surface area (Å²) < 4.78 is 11.1. The molecule has 3 heterocycles. The summed E-state index contributed by atoms with van der Waals surface area (Å²) >= 11 is 0. The minimum Gasteiger partial charge on any atom is -0.493 e. The maximum atomic E-state index is 12.7. The number of benzene rings is 1. The van der Waals surface area contributed by atoms with Gasteiger partial charge in [-0.25, -0.2) is 9.97 Å². The van der Waals surface area contributed by atoms with E-state index in [9.17, 15) is 4.79 Å². The number of amides is 1. The smallest absolute Gasteiger partial charge is 0.251 e. The number of methoxy groups -OCH3 is 1. The molecule has 8 nitrogen and oxygen atoms in total. The molecule has 0 aliphatic heterocycles. The van der Waals surface area contributed by atoms with Gasteiger partial charge in [0, 0.05) is 47.6 Å². The number of nitrogens with one attached hydrogen (secondary N) is 2. The molecule has 0 saturated heterocycles. The van der Waals surface area contributed by atoms with Crippen molar-refractivity contribution in [2.24, 2.45) is 0 Å². The Labute approximate surface area is 186 Å². The Hall–Kier alpha value is -3.94. The van der Waals surface area contributed by atoms with Gasteiger partial charge in [0.15, 0.2) is 0 Å². The maximum absolute atomic E-state index is 12.7. The molecule has 164 valence electrons. The van der Waals surface area contributed by atoms with Crippen LogP contribution in [-0.4, -0.2) is 46.3 Å². The SMILES string of the molecule is CCOc1cc(-c2ccnc(OC)c2)nc2cc(C(=O)NCCc3c[nH]nc3C)ccc12. The van der Waals surface area contributed by atoms with Crippen LogP contribution in [0.2, 0.25) is 0 Å². The number of pyridine rings is 2. The summed E-state index contributed by atoms with van der Waals surface area (Å²) in [5.41, 5.74) is 4.82. The van der Waals surface area contributed by atoms with Crippen molar-refractivity contribution in [2.75, 3.05) is 20.3 Å². The zero-order chi connectivity index (χ0) is 22.5. The van der Waals surface area contributed by atoms with Crippen LogP contribution < -0.4 is 14.8 Å². The van der Waals surface area contributed by atoms with Crippen LogP contribution in [0.1, 0.15) is 28.5 Å². The molecule has 0 aliphatic carbocycles. The highest BCUT2D eigenvalue weighted by Crippen LogP contribution is 2.31. The third-order valence-corrected chi connectivity index (χ3v) is 5.19. The number of rotatable bonds is 8. The Balaban J connectivity index is 1.62. The van der Waals surface area contributed by atoms with E-state index in [4.69, 9.17) is 14.5 Å². The minimum atomic E-state index is -0.149. The van der Waals surface area contributed by atoms with E-state index < -0.39 is 0 Å². The first-order chi connectivity index (χ1) is 15.6. The molecule has 0 unspecified atom stereocenters. The van der Waals surface area contributed by atoms with Crippen LogP contribution >= 0.6 is 0 Å². The highest BCUT2D eigenvalue weighted by atomic mass is 16.5. The molecular formula is C24H25N5O3. The predicted molar refractivity (Wildman–Crippen MR) is 122 cm³/mol. The number of carbonyl (C=O) groups excluding carboxylic acids is 1. The van der Waals surface area contributed by atoms with E-state index in [0.717, 1.165) is 27.9 Å². The van der Waals surface area contributed by atoms with Crippen LogP contribution in [0.25, 0.3) is 22.2 Å². The summed E-state index contributed by atoms with van der Waals surface area (Å²) in [6, 6.07) is 11.0. The first-order valence-corrected chi connectivity index (χ1v) is 10.4. The number of aromatic amines is 1. The number of hydrogen-bond acceptors (Lipinski definition) is 6. The van der Waals surface area contributed by atoms with E-state index in [1.165, 1.54) is 0 Å². The Bertz CT molecular complexity index is 1250. The summed E-state index contributed by atoms with van der Waals surface area (Å²) in [6.07, 6.45) is 4.24. The van der Waals surface area contributed by atoms with Crippen molar-refractivity contribution in [1.82, 2.24) is 25.5 Å². The summed E-state index contributed by atoms with van der Waals surface area (Å²) in [4.78, 5) is 21.7. The fourth-order valence-corrected chi connectivity index (χ4v) is 3.49. The molecule has 8 heteroatoms. The average Bonchev–Trinajstić information content (AvgIpc) is 3.23. The molecule has 4 aromatic rings. The van der Waals surface area contributed by atoms with E-state index in [-0.39, 0.29) is 5.91 Å². The number of aryl methyl sites for hydroxylation is 1. The van der Waals surface area contributed by atoms with Crippen molar-refractivity contribution in [3.8, 4) is 22.9 Å². The Morgan fingerprint density at radius 1 is 1.19 bits per heavy atom. The molecule has 2 N–H and O–H groups in total. The third kappa shape index (κ3) is 4.54. The first kappa shape index (κ1) is 21.3. The van der Waals surface area contributed by atoms with E-state index >= 15 is 0 Å². The van der Waals surface area contributed by atoms with Gasteiger partial charge < -0.3 is 14.8 Å². The maximum Gasteiger partial charge on any atom is 0.251 e. The average molecular weight is 431 g/mol. The number of H-pyrrole nitrogens is 1. The van der Waals surface area contributed by atoms with Crippen LogP contribution in [0.3, 0.4) is 0 Å². The van der Waals surface area contributed by atoms with Gasteiger partial charge in [-0.3, -0.25) is 9.89 Å². The number of hydrogen-bond donors (Lipinski definition) is 2. The largest absolute Gasteiger partial charge is 0.493 e. The number of ether oxygens (including phenoxy) is 2. The summed E-state index contributed by atoms with van der Waals surface area (Å²) in [5, 5.41) is 10.8. The molecule has 1 aromatic carbocycles. The van der Waals surface area contributed by atoms with E-state index in [0.29, 0.717) is 42.3 Å². The molecular weight excluding hydrogens is 406 g/mol. The lowest BCUT2D eigenvalue weighted by molar-refractivity contribution is 0.0954. The van der Waals surface area contributed by atoms with Crippen molar-refractivity contribution in [3.05, 3.63) is 65.6 Å².